The maximum atomic E-state index is 12.6. The molecule has 6 nitrogen and oxygen atoms in total. The van der Waals surface area contributed by atoms with Crippen LogP contribution in [0, 0.1) is 20.8 Å². The van der Waals surface area contributed by atoms with Gasteiger partial charge in [0.15, 0.2) is 0 Å². The minimum absolute atomic E-state index is 0.132. The first-order valence-electron chi connectivity index (χ1n) is 8.68. The number of nitrogens with one attached hydrogen (secondary N) is 1. The molecule has 3 aromatic rings. The van der Waals surface area contributed by atoms with Crippen LogP contribution in [0.5, 0.6) is 0 Å². The number of carbonyl (C=O) groups is 1. The lowest BCUT2D eigenvalue weighted by atomic mass is 10.2. The van der Waals surface area contributed by atoms with E-state index in [1.807, 2.05) is 51.1 Å². The Kier molecular flexibility index (Phi) is 5.87. The van der Waals surface area contributed by atoms with Gasteiger partial charge in [-0.3, -0.25) is 9.48 Å². The number of carbonyl (C=O) groups excluding carboxylic acids is 1. The number of aromatic nitrogens is 4. The number of rotatable bonds is 6. The van der Waals surface area contributed by atoms with Gasteiger partial charge in [0.05, 0.1) is 28.3 Å². The summed E-state index contributed by atoms with van der Waals surface area (Å²) in [4.78, 5) is 12.6. The van der Waals surface area contributed by atoms with Gasteiger partial charge < -0.3 is 5.32 Å². The molecule has 0 aliphatic heterocycles. The zero-order valence-corrected chi connectivity index (χ0v) is 17.0. The maximum absolute atomic E-state index is 12.6. The Morgan fingerprint density at radius 2 is 1.78 bits per heavy atom. The molecule has 1 aromatic carbocycles. The number of nitrogens with zero attached hydrogens (tertiary/aromatic N) is 4. The predicted octanol–water partition coefficient (Wildman–Crippen LogP) is 4.12. The average molecular weight is 406 g/mol. The van der Waals surface area contributed by atoms with E-state index in [1.165, 1.54) is 0 Å². The molecule has 0 spiro atoms. The summed E-state index contributed by atoms with van der Waals surface area (Å²) in [6, 6.07) is 9.76. The summed E-state index contributed by atoms with van der Waals surface area (Å²) in [6.07, 6.45) is 0.688. The lowest BCUT2D eigenvalue weighted by molar-refractivity contribution is 0.0951. The smallest absolute Gasteiger partial charge is 0.255 e. The summed E-state index contributed by atoms with van der Waals surface area (Å²) in [5, 5.41) is 12.6. The molecule has 0 bridgehead atoms. The zero-order chi connectivity index (χ0) is 19.6. The molecule has 0 atom stereocenters. The molecule has 0 unspecified atom stereocenters. The van der Waals surface area contributed by atoms with Gasteiger partial charge in [-0.15, -0.1) is 0 Å². The van der Waals surface area contributed by atoms with E-state index in [0.717, 1.165) is 11.4 Å². The second kappa shape index (κ2) is 8.15. The number of benzene rings is 1. The average Bonchev–Trinajstić information content (AvgIpc) is 3.09. The van der Waals surface area contributed by atoms with E-state index in [0.29, 0.717) is 46.6 Å². The molecule has 2 heterocycles. The summed E-state index contributed by atoms with van der Waals surface area (Å²) < 4.78 is 3.44. The molecule has 0 saturated carbocycles. The van der Waals surface area contributed by atoms with Crippen molar-refractivity contribution in [2.75, 3.05) is 6.54 Å². The van der Waals surface area contributed by atoms with Gasteiger partial charge in [-0.2, -0.15) is 10.2 Å². The summed E-state index contributed by atoms with van der Waals surface area (Å²) in [7, 11) is 0. The van der Waals surface area contributed by atoms with Crippen LogP contribution in [0.4, 0.5) is 0 Å². The number of aryl methyl sites for hydroxylation is 3. The first kappa shape index (κ1) is 19.5. The van der Waals surface area contributed by atoms with Crippen LogP contribution in [-0.2, 0) is 6.54 Å². The zero-order valence-electron chi connectivity index (χ0n) is 15.5. The summed E-state index contributed by atoms with van der Waals surface area (Å²) in [6.45, 7) is 6.63. The standard InChI is InChI=1S/C19H21Cl2N5O/c1-12-16(14(3)26(24-12)15-8-5-4-6-9-15)19(27)22-10-7-11-25-18(21)17(20)13(2)23-25/h4-6,8-9H,7,10-11H2,1-3H3,(H,22,27). The summed E-state index contributed by atoms with van der Waals surface area (Å²) >= 11 is 12.2. The van der Waals surface area contributed by atoms with Gasteiger partial charge in [0.1, 0.15) is 10.2 Å². The van der Waals surface area contributed by atoms with Crippen molar-refractivity contribution in [1.29, 1.82) is 0 Å². The van der Waals surface area contributed by atoms with Crippen molar-refractivity contribution in [2.24, 2.45) is 0 Å². The molecule has 0 aliphatic carbocycles. The van der Waals surface area contributed by atoms with E-state index < -0.39 is 0 Å². The third-order valence-electron chi connectivity index (χ3n) is 4.35. The molecule has 27 heavy (non-hydrogen) atoms. The van der Waals surface area contributed by atoms with Gasteiger partial charge in [-0.25, -0.2) is 4.68 Å². The Bertz CT molecular complexity index is 962. The molecule has 0 aliphatic rings. The van der Waals surface area contributed by atoms with Crippen molar-refractivity contribution in [3.8, 4) is 5.69 Å². The van der Waals surface area contributed by atoms with Gasteiger partial charge in [0, 0.05) is 13.1 Å². The van der Waals surface area contributed by atoms with Crippen molar-refractivity contribution < 1.29 is 4.79 Å². The highest BCUT2D eigenvalue weighted by Crippen LogP contribution is 2.25. The van der Waals surface area contributed by atoms with Crippen LogP contribution in [0.1, 0.15) is 33.9 Å². The second-order valence-corrected chi connectivity index (χ2v) is 7.05. The maximum Gasteiger partial charge on any atom is 0.255 e. The minimum Gasteiger partial charge on any atom is -0.352 e. The van der Waals surface area contributed by atoms with E-state index >= 15 is 0 Å². The predicted molar refractivity (Wildman–Crippen MR) is 107 cm³/mol. The fourth-order valence-corrected chi connectivity index (χ4v) is 3.39. The minimum atomic E-state index is -0.132. The van der Waals surface area contributed by atoms with E-state index in [2.05, 4.69) is 15.5 Å². The molecular formula is C19H21Cl2N5O. The quantitative estimate of drug-likeness (QED) is 0.627. The van der Waals surface area contributed by atoms with Crippen LogP contribution in [0.15, 0.2) is 30.3 Å². The van der Waals surface area contributed by atoms with Crippen molar-refractivity contribution in [3.63, 3.8) is 0 Å². The highest BCUT2D eigenvalue weighted by atomic mass is 35.5. The molecule has 0 radical (unpaired) electrons. The highest BCUT2D eigenvalue weighted by molar-refractivity contribution is 6.41. The molecule has 0 fully saturated rings. The molecule has 1 N–H and O–H groups in total. The van der Waals surface area contributed by atoms with Crippen molar-refractivity contribution in [2.45, 2.75) is 33.7 Å². The van der Waals surface area contributed by atoms with Crippen molar-refractivity contribution in [3.05, 3.63) is 63.2 Å². The molecular weight excluding hydrogens is 385 g/mol. The molecule has 1 amide bonds. The van der Waals surface area contributed by atoms with Crippen LogP contribution >= 0.6 is 23.2 Å². The lowest BCUT2D eigenvalue weighted by Crippen LogP contribution is -2.26. The number of hydrogen-bond donors (Lipinski definition) is 1. The third-order valence-corrected chi connectivity index (χ3v) is 5.28. The van der Waals surface area contributed by atoms with E-state index in [4.69, 9.17) is 23.2 Å². The van der Waals surface area contributed by atoms with Crippen LogP contribution in [0.25, 0.3) is 5.69 Å². The van der Waals surface area contributed by atoms with Crippen molar-refractivity contribution >= 4 is 29.1 Å². The Hall–Kier alpha value is -2.31. The number of amides is 1. The van der Waals surface area contributed by atoms with E-state index in [1.54, 1.807) is 9.36 Å². The number of halogens is 2. The number of hydrogen-bond acceptors (Lipinski definition) is 3. The SMILES string of the molecule is Cc1nn(CCCNC(=O)c2c(C)nn(-c3ccccc3)c2C)c(Cl)c1Cl. The van der Waals surface area contributed by atoms with Crippen LogP contribution in [0.2, 0.25) is 10.2 Å². The number of para-hydroxylation sites is 1. The molecule has 142 valence electrons. The first-order valence-corrected chi connectivity index (χ1v) is 9.44. The second-order valence-electron chi connectivity index (χ2n) is 6.32. The third kappa shape index (κ3) is 4.01. The highest BCUT2D eigenvalue weighted by Gasteiger charge is 2.19. The molecule has 0 saturated heterocycles. The van der Waals surface area contributed by atoms with Crippen LogP contribution < -0.4 is 5.32 Å². The first-order chi connectivity index (χ1) is 12.9. The Balaban J connectivity index is 1.63. The monoisotopic (exact) mass is 405 g/mol. The van der Waals surface area contributed by atoms with Gasteiger partial charge in [0.2, 0.25) is 0 Å². The largest absolute Gasteiger partial charge is 0.352 e. The Morgan fingerprint density at radius 3 is 2.41 bits per heavy atom. The molecule has 8 heteroatoms. The summed E-state index contributed by atoms with van der Waals surface area (Å²) in [5.41, 5.74) is 3.75. The van der Waals surface area contributed by atoms with Gasteiger partial charge in [-0.05, 0) is 39.3 Å². The Labute approximate surface area is 168 Å². The normalized spacial score (nSPS) is 11.0. The van der Waals surface area contributed by atoms with Crippen molar-refractivity contribution in [1.82, 2.24) is 24.9 Å². The van der Waals surface area contributed by atoms with Gasteiger partial charge in [0.25, 0.3) is 5.91 Å². The van der Waals surface area contributed by atoms with Crippen LogP contribution in [-0.4, -0.2) is 32.0 Å². The van der Waals surface area contributed by atoms with E-state index in [9.17, 15) is 4.79 Å². The van der Waals surface area contributed by atoms with E-state index in [-0.39, 0.29) is 5.91 Å². The Morgan fingerprint density at radius 1 is 1.07 bits per heavy atom. The van der Waals surface area contributed by atoms with Gasteiger partial charge in [-0.1, -0.05) is 41.4 Å². The molecule has 2 aromatic heterocycles. The summed E-state index contributed by atoms with van der Waals surface area (Å²) in [5.74, 6) is -0.132. The van der Waals surface area contributed by atoms with Crippen LogP contribution in [0.3, 0.4) is 0 Å². The van der Waals surface area contributed by atoms with Gasteiger partial charge >= 0.3 is 0 Å². The fourth-order valence-electron chi connectivity index (χ4n) is 2.99. The lowest BCUT2D eigenvalue weighted by Gasteiger charge is -2.07. The topological polar surface area (TPSA) is 64.7 Å². The fraction of sp³-hybridized carbons (Fsp3) is 0.316. The molecule has 3 rings (SSSR count).